The third-order valence-corrected chi connectivity index (χ3v) is 3.04. The van der Waals surface area contributed by atoms with Gasteiger partial charge in [-0.1, -0.05) is 24.3 Å². The van der Waals surface area contributed by atoms with Gasteiger partial charge in [-0.05, 0) is 23.8 Å². The van der Waals surface area contributed by atoms with Crippen molar-refractivity contribution in [2.24, 2.45) is 0 Å². The maximum atomic E-state index is 4.44. The molecule has 0 spiro atoms. The maximum Gasteiger partial charge on any atom is 0.132 e. The first-order valence-electron chi connectivity index (χ1n) is 5.92. The number of hydrogen-bond donors (Lipinski definition) is 1. The summed E-state index contributed by atoms with van der Waals surface area (Å²) in [5.74, 6) is 1.02. The Kier molecular flexibility index (Phi) is 2.76. The van der Waals surface area contributed by atoms with E-state index in [-0.39, 0.29) is 0 Å². The fourth-order valence-corrected chi connectivity index (χ4v) is 2.21. The molecular weight excluding hydrogens is 210 g/mol. The molecule has 0 fully saturated rings. The van der Waals surface area contributed by atoms with Crippen LogP contribution in [-0.2, 0) is 6.54 Å². The first kappa shape index (κ1) is 10.3. The topological polar surface area (TPSA) is 28.2 Å². The van der Waals surface area contributed by atoms with Gasteiger partial charge in [0.25, 0.3) is 0 Å². The number of rotatable bonds is 1. The van der Waals surface area contributed by atoms with E-state index in [9.17, 15) is 0 Å². The molecule has 0 saturated carbocycles. The molecule has 86 valence electrons. The van der Waals surface area contributed by atoms with E-state index in [1.807, 2.05) is 18.3 Å². The fourth-order valence-electron chi connectivity index (χ4n) is 2.21. The Morgan fingerprint density at radius 2 is 1.94 bits per heavy atom. The monoisotopic (exact) mass is 225 g/mol. The third kappa shape index (κ3) is 2.01. The van der Waals surface area contributed by atoms with Crippen LogP contribution in [0.15, 0.2) is 48.7 Å². The van der Waals surface area contributed by atoms with Crippen molar-refractivity contribution in [3.63, 3.8) is 0 Å². The van der Waals surface area contributed by atoms with E-state index in [0.717, 1.165) is 25.5 Å². The number of hydrogen-bond acceptors (Lipinski definition) is 3. The second-order valence-electron chi connectivity index (χ2n) is 4.15. The Morgan fingerprint density at radius 1 is 1.06 bits per heavy atom. The van der Waals surface area contributed by atoms with Gasteiger partial charge in [0.05, 0.1) is 0 Å². The summed E-state index contributed by atoms with van der Waals surface area (Å²) < 4.78 is 0. The molecule has 2 heterocycles. The number of aromatic nitrogens is 1. The van der Waals surface area contributed by atoms with Crippen molar-refractivity contribution in [2.45, 2.75) is 6.54 Å². The normalized spacial score (nSPS) is 15.2. The highest BCUT2D eigenvalue weighted by Gasteiger charge is 2.16. The van der Waals surface area contributed by atoms with Gasteiger partial charge in [0, 0.05) is 31.5 Å². The summed E-state index contributed by atoms with van der Waals surface area (Å²) in [6.07, 6.45) is 1.84. The lowest BCUT2D eigenvalue weighted by Gasteiger charge is -2.23. The van der Waals surface area contributed by atoms with E-state index in [1.165, 1.54) is 11.3 Å². The van der Waals surface area contributed by atoms with Gasteiger partial charge in [0.15, 0.2) is 0 Å². The lowest BCUT2D eigenvalue weighted by Crippen LogP contribution is -2.25. The lowest BCUT2D eigenvalue weighted by atomic mass is 10.1. The van der Waals surface area contributed by atoms with Gasteiger partial charge in [0.1, 0.15) is 5.82 Å². The highest BCUT2D eigenvalue weighted by Crippen LogP contribution is 2.27. The Labute approximate surface area is 101 Å². The summed E-state index contributed by atoms with van der Waals surface area (Å²) in [6.45, 7) is 2.86. The zero-order valence-electron chi connectivity index (χ0n) is 9.63. The Hall–Kier alpha value is -1.87. The number of nitrogens with zero attached hydrogens (tertiary/aromatic N) is 2. The largest absolute Gasteiger partial charge is 0.325 e. The molecule has 3 heteroatoms. The van der Waals surface area contributed by atoms with E-state index in [2.05, 4.69) is 45.5 Å². The van der Waals surface area contributed by atoms with Crippen LogP contribution in [0.5, 0.6) is 0 Å². The van der Waals surface area contributed by atoms with Gasteiger partial charge in [-0.15, -0.1) is 0 Å². The first-order chi connectivity index (χ1) is 8.45. The van der Waals surface area contributed by atoms with Crippen LogP contribution in [0.3, 0.4) is 0 Å². The quantitative estimate of drug-likeness (QED) is 0.807. The summed E-state index contributed by atoms with van der Waals surface area (Å²) in [7, 11) is 0. The van der Waals surface area contributed by atoms with Crippen LogP contribution in [0.1, 0.15) is 5.56 Å². The smallest absolute Gasteiger partial charge is 0.132 e. The molecule has 3 nitrogen and oxygen atoms in total. The van der Waals surface area contributed by atoms with E-state index in [4.69, 9.17) is 0 Å². The predicted octanol–water partition coefficient (Wildman–Crippen LogP) is 2.32. The highest BCUT2D eigenvalue weighted by atomic mass is 15.2. The van der Waals surface area contributed by atoms with Gasteiger partial charge in [-0.2, -0.15) is 0 Å². The zero-order valence-corrected chi connectivity index (χ0v) is 9.63. The number of fused-ring (bicyclic) bond motifs is 1. The summed E-state index contributed by atoms with van der Waals surface area (Å²) in [5, 5.41) is 3.43. The second kappa shape index (κ2) is 4.55. The van der Waals surface area contributed by atoms with E-state index in [0.29, 0.717) is 0 Å². The minimum Gasteiger partial charge on any atom is -0.325 e. The minimum atomic E-state index is 0.930. The van der Waals surface area contributed by atoms with E-state index in [1.54, 1.807) is 0 Å². The molecule has 0 radical (unpaired) electrons. The Bertz CT molecular complexity index is 496. The second-order valence-corrected chi connectivity index (χ2v) is 4.15. The highest BCUT2D eigenvalue weighted by molar-refractivity contribution is 5.64. The molecule has 0 unspecified atom stereocenters. The van der Waals surface area contributed by atoms with Gasteiger partial charge >= 0.3 is 0 Å². The summed E-state index contributed by atoms with van der Waals surface area (Å²) in [6, 6.07) is 14.5. The van der Waals surface area contributed by atoms with Crippen LogP contribution >= 0.6 is 0 Å². The molecule has 0 atom stereocenters. The molecule has 1 aliphatic rings. The molecular formula is C14H15N3. The van der Waals surface area contributed by atoms with Crippen LogP contribution < -0.4 is 10.2 Å². The molecule has 0 aliphatic carbocycles. The zero-order chi connectivity index (χ0) is 11.5. The van der Waals surface area contributed by atoms with Crippen LogP contribution in [0, 0.1) is 0 Å². The third-order valence-electron chi connectivity index (χ3n) is 3.04. The minimum absolute atomic E-state index is 0.930. The number of benzene rings is 1. The van der Waals surface area contributed by atoms with Gasteiger partial charge < -0.3 is 10.2 Å². The van der Waals surface area contributed by atoms with Crippen molar-refractivity contribution in [3.8, 4) is 0 Å². The van der Waals surface area contributed by atoms with Crippen LogP contribution in [-0.4, -0.2) is 18.1 Å². The SMILES string of the molecule is c1ccc(N2CCNCc3ccccc32)nc1. The number of pyridine rings is 1. The predicted molar refractivity (Wildman–Crippen MR) is 69.4 cm³/mol. The lowest BCUT2D eigenvalue weighted by molar-refractivity contribution is 0.711. The molecule has 1 aliphatic heterocycles. The standard InChI is InChI=1S/C14H15N3/c1-2-6-13-12(5-1)11-15-9-10-17(13)14-7-3-4-8-16-14/h1-8,15H,9-11H2. The fraction of sp³-hybridized carbons (Fsp3) is 0.214. The van der Waals surface area contributed by atoms with Crippen molar-refractivity contribution in [1.29, 1.82) is 0 Å². The van der Waals surface area contributed by atoms with Crippen LogP contribution in [0.4, 0.5) is 11.5 Å². The van der Waals surface area contributed by atoms with Crippen molar-refractivity contribution in [3.05, 3.63) is 54.2 Å². The molecule has 0 bridgehead atoms. The molecule has 1 N–H and O–H groups in total. The number of nitrogens with one attached hydrogen (secondary N) is 1. The van der Waals surface area contributed by atoms with E-state index < -0.39 is 0 Å². The summed E-state index contributed by atoms with van der Waals surface area (Å²) in [5.41, 5.74) is 2.59. The molecule has 1 aromatic heterocycles. The molecule has 1 aromatic carbocycles. The van der Waals surface area contributed by atoms with Crippen molar-refractivity contribution in [2.75, 3.05) is 18.0 Å². The van der Waals surface area contributed by atoms with E-state index >= 15 is 0 Å². The molecule has 17 heavy (non-hydrogen) atoms. The maximum absolute atomic E-state index is 4.44. The van der Waals surface area contributed by atoms with Crippen LogP contribution in [0.25, 0.3) is 0 Å². The van der Waals surface area contributed by atoms with Crippen molar-refractivity contribution >= 4 is 11.5 Å². The molecule has 2 aromatic rings. The molecule has 3 rings (SSSR count). The summed E-state index contributed by atoms with van der Waals surface area (Å²) in [4.78, 5) is 6.71. The van der Waals surface area contributed by atoms with Gasteiger partial charge in [-0.3, -0.25) is 0 Å². The Morgan fingerprint density at radius 3 is 2.82 bits per heavy atom. The van der Waals surface area contributed by atoms with Crippen molar-refractivity contribution in [1.82, 2.24) is 10.3 Å². The average molecular weight is 225 g/mol. The van der Waals surface area contributed by atoms with Crippen molar-refractivity contribution < 1.29 is 0 Å². The molecule has 0 amide bonds. The Balaban J connectivity index is 2.06. The molecule has 0 saturated heterocycles. The van der Waals surface area contributed by atoms with Crippen LogP contribution in [0.2, 0.25) is 0 Å². The average Bonchev–Trinajstić information content (AvgIpc) is 2.62. The van der Waals surface area contributed by atoms with Gasteiger partial charge in [0.2, 0.25) is 0 Å². The number of anilines is 2. The first-order valence-corrected chi connectivity index (χ1v) is 5.92. The number of para-hydroxylation sites is 1. The summed E-state index contributed by atoms with van der Waals surface area (Å²) >= 11 is 0. The van der Waals surface area contributed by atoms with Gasteiger partial charge in [-0.25, -0.2) is 4.98 Å².